The summed E-state index contributed by atoms with van der Waals surface area (Å²) in [6.07, 6.45) is 3.52. The molecular weight excluding hydrogens is 222 g/mol. The Kier molecular flexibility index (Phi) is 4.26. The van der Waals surface area contributed by atoms with Gasteiger partial charge in [-0.3, -0.25) is 4.90 Å². The van der Waals surface area contributed by atoms with Crippen LogP contribution in [-0.4, -0.2) is 18.0 Å². The van der Waals surface area contributed by atoms with Gasteiger partial charge in [0.1, 0.15) is 0 Å². The minimum atomic E-state index is 0.872. The highest BCUT2D eigenvalue weighted by Gasteiger charge is 2.17. The van der Waals surface area contributed by atoms with Crippen molar-refractivity contribution in [2.75, 3.05) is 18.8 Å². The highest BCUT2D eigenvalue weighted by molar-refractivity contribution is 5.46. The zero-order valence-electron chi connectivity index (χ0n) is 11.2. The Morgan fingerprint density at radius 2 is 2.00 bits per heavy atom. The van der Waals surface area contributed by atoms with E-state index in [1.807, 2.05) is 18.2 Å². The van der Waals surface area contributed by atoms with Crippen LogP contribution in [0.2, 0.25) is 0 Å². The van der Waals surface area contributed by atoms with Gasteiger partial charge < -0.3 is 11.5 Å². The summed E-state index contributed by atoms with van der Waals surface area (Å²) in [4.78, 5) is 2.38. The maximum Gasteiger partial charge on any atom is 0.0382 e. The van der Waals surface area contributed by atoms with Crippen molar-refractivity contribution < 1.29 is 0 Å². The van der Waals surface area contributed by atoms with E-state index in [9.17, 15) is 0 Å². The number of hydrogen-bond donors (Lipinski definition) is 2. The molecule has 3 nitrogen and oxygen atoms in total. The van der Waals surface area contributed by atoms with E-state index in [0.29, 0.717) is 0 Å². The molecule has 3 heteroatoms. The van der Waals surface area contributed by atoms with Gasteiger partial charge in [0.05, 0.1) is 0 Å². The van der Waals surface area contributed by atoms with Crippen molar-refractivity contribution in [1.29, 1.82) is 0 Å². The zero-order chi connectivity index (χ0) is 13.0. The Balaban J connectivity index is 2.02. The van der Waals surface area contributed by atoms with Crippen molar-refractivity contribution in [2.45, 2.75) is 32.7 Å². The number of para-hydroxylation sites is 1. The number of allylic oxidation sites excluding steroid dienone is 1. The molecule has 0 saturated heterocycles. The molecular formula is C15H23N3. The first kappa shape index (κ1) is 13.0. The van der Waals surface area contributed by atoms with Gasteiger partial charge in [0, 0.05) is 24.5 Å². The van der Waals surface area contributed by atoms with Crippen LogP contribution in [0.15, 0.2) is 35.5 Å². The largest absolute Gasteiger partial charge is 0.401 e. The van der Waals surface area contributed by atoms with Gasteiger partial charge in [0.2, 0.25) is 0 Å². The van der Waals surface area contributed by atoms with Crippen molar-refractivity contribution in [1.82, 2.24) is 4.90 Å². The molecule has 18 heavy (non-hydrogen) atoms. The van der Waals surface area contributed by atoms with Gasteiger partial charge in [-0.15, -0.1) is 0 Å². The van der Waals surface area contributed by atoms with E-state index in [1.54, 1.807) is 0 Å². The van der Waals surface area contributed by atoms with E-state index in [0.717, 1.165) is 37.4 Å². The lowest BCUT2D eigenvalue weighted by atomic mass is 10.1. The van der Waals surface area contributed by atoms with Crippen LogP contribution in [-0.2, 0) is 6.54 Å². The Hall–Kier alpha value is -1.48. The van der Waals surface area contributed by atoms with Gasteiger partial charge in [-0.25, -0.2) is 0 Å². The third-order valence-electron chi connectivity index (χ3n) is 3.34. The molecule has 1 saturated carbocycles. The lowest BCUT2D eigenvalue weighted by Crippen LogP contribution is -2.29. The number of nitrogen functional groups attached to an aromatic ring is 1. The highest BCUT2D eigenvalue weighted by Crippen LogP contribution is 2.30. The molecule has 1 aromatic rings. The van der Waals surface area contributed by atoms with Crippen LogP contribution >= 0.6 is 0 Å². The van der Waals surface area contributed by atoms with E-state index in [2.05, 4.69) is 17.9 Å². The van der Waals surface area contributed by atoms with E-state index < -0.39 is 0 Å². The van der Waals surface area contributed by atoms with Crippen molar-refractivity contribution in [3.8, 4) is 0 Å². The summed E-state index contributed by atoms with van der Waals surface area (Å²) < 4.78 is 0. The quantitative estimate of drug-likeness (QED) is 0.757. The molecule has 0 unspecified atom stereocenters. The number of anilines is 1. The van der Waals surface area contributed by atoms with E-state index in [1.165, 1.54) is 24.0 Å². The van der Waals surface area contributed by atoms with Crippen LogP contribution in [0.25, 0.3) is 0 Å². The minimum Gasteiger partial charge on any atom is -0.401 e. The summed E-state index contributed by atoms with van der Waals surface area (Å²) in [5.74, 6) is 0. The van der Waals surface area contributed by atoms with Crippen LogP contribution in [0.1, 0.15) is 31.7 Å². The highest BCUT2D eigenvalue weighted by atomic mass is 15.1. The Morgan fingerprint density at radius 1 is 1.28 bits per heavy atom. The number of benzene rings is 1. The maximum atomic E-state index is 6.11. The van der Waals surface area contributed by atoms with Gasteiger partial charge in [0.15, 0.2) is 0 Å². The summed E-state index contributed by atoms with van der Waals surface area (Å²) in [5.41, 5.74) is 16.7. The second-order valence-electron chi connectivity index (χ2n) is 5.04. The fourth-order valence-electron chi connectivity index (χ4n) is 2.19. The smallest absolute Gasteiger partial charge is 0.0382 e. The second-order valence-corrected chi connectivity index (χ2v) is 5.04. The van der Waals surface area contributed by atoms with Gasteiger partial charge in [-0.05, 0) is 43.0 Å². The predicted octanol–water partition coefficient (Wildman–Crippen LogP) is 2.49. The SMILES string of the molecule is CCCN(CC(N)=C1CC1)Cc1ccccc1N. The summed E-state index contributed by atoms with van der Waals surface area (Å²) in [7, 11) is 0. The number of nitrogens with two attached hydrogens (primary N) is 2. The van der Waals surface area contributed by atoms with Gasteiger partial charge in [-0.2, -0.15) is 0 Å². The average Bonchev–Trinajstić information content (AvgIpc) is 3.16. The first-order chi connectivity index (χ1) is 8.70. The van der Waals surface area contributed by atoms with Crippen LogP contribution in [0.4, 0.5) is 5.69 Å². The molecule has 1 fully saturated rings. The predicted molar refractivity (Wildman–Crippen MR) is 76.9 cm³/mol. The van der Waals surface area contributed by atoms with Gasteiger partial charge in [-0.1, -0.05) is 25.1 Å². The van der Waals surface area contributed by atoms with Crippen LogP contribution in [0, 0.1) is 0 Å². The third-order valence-corrected chi connectivity index (χ3v) is 3.34. The molecule has 1 aromatic carbocycles. The fraction of sp³-hybridized carbons (Fsp3) is 0.467. The summed E-state index contributed by atoms with van der Waals surface area (Å²) in [5, 5.41) is 0. The molecule has 0 aromatic heterocycles. The number of hydrogen-bond acceptors (Lipinski definition) is 3. The first-order valence-electron chi connectivity index (χ1n) is 6.72. The summed E-state index contributed by atoms with van der Waals surface area (Å²) in [6.45, 7) is 5.01. The molecule has 0 atom stereocenters. The minimum absolute atomic E-state index is 0.872. The van der Waals surface area contributed by atoms with Crippen LogP contribution in [0.3, 0.4) is 0 Å². The summed E-state index contributed by atoms with van der Waals surface area (Å²) >= 11 is 0. The summed E-state index contributed by atoms with van der Waals surface area (Å²) in [6, 6.07) is 8.07. The molecule has 4 N–H and O–H groups in total. The molecule has 98 valence electrons. The molecule has 2 rings (SSSR count). The molecule has 0 spiro atoms. The molecule has 0 aliphatic heterocycles. The average molecular weight is 245 g/mol. The van der Waals surface area contributed by atoms with E-state index in [4.69, 9.17) is 11.5 Å². The second kappa shape index (κ2) is 5.91. The number of rotatable bonds is 6. The molecule has 0 radical (unpaired) electrons. The topological polar surface area (TPSA) is 55.3 Å². The number of nitrogens with zero attached hydrogens (tertiary/aromatic N) is 1. The van der Waals surface area contributed by atoms with Gasteiger partial charge >= 0.3 is 0 Å². The molecule has 0 bridgehead atoms. The lowest BCUT2D eigenvalue weighted by Gasteiger charge is -2.22. The normalized spacial score (nSPS) is 14.0. The molecule has 0 amide bonds. The lowest BCUT2D eigenvalue weighted by molar-refractivity contribution is 0.288. The van der Waals surface area contributed by atoms with Crippen molar-refractivity contribution >= 4 is 5.69 Å². The Morgan fingerprint density at radius 3 is 2.61 bits per heavy atom. The Bertz CT molecular complexity index is 431. The van der Waals surface area contributed by atoms with Crippen LogP contribution in [0.5, 0.6) is 0 Å². The zero-order valence-corrected chi connectivity index (χ0v) is 11.2. The standard InChI is InChI=1S/C15H23N3/c1-2-9-18(11-15(17)12-7-8-12)10-13-5-3-4-6-14(13)16/h3-6H,2,7-11,16-17H2,1H3. The maximum absolute atomic E-state index is 6.11. The van der Waals surface area contributed by atoms with Crippen LogP contribution < -0.4 is 11.5 Å². The van der Waals surface area contributed by atoms with E-state index in [-0.39, 0.29) is 0 Å². The van der Waals surface area contributed by atoms with Gasteiger partial charge in [0.25, 0.3) is 0 Å². The van der Waals surface area contributed by atoms with Crippen molar-refractivity contribution in [2.24, 2.45) is 5.73 Å². The molecule has 1 aliphatic rings. The van der Waals surface area contributed by atoms with Crippen molar-refractivity contribution in [3.05, 3.63) is 41.1 Å². The molecule has 1 aliphatic carbocycles. The monoisotopic (exact) mass is 245 g/mol. The third kappa shape index (κ3) is 3.50. The Labute approximate surface area is 109 Å². The van der Waals surface area contributed by atoms with Crippen molar-refractivity contribution in [3.63, 3.8) is 0 Å². The first-order valence-corrected chi connectivity index (χ1v) is 6.72. The fourth-order valence-corrected chi connectivity index (χ4v) is 2.19. The molecule has 0 heterocycles. The van der Waals surface area contributed by atoms with E-state index >= 15 is 0 Å².